The molecule has 2 amide bonds. The second-order valence-corrected chi connectivity index (χ2v) is 4.47. The number of nitrogens with one attached hydrogen (secondary N) is 1. The number of halogens is 3. The van der Waals surface area contributed by atoms with Gasteiger partial charge in [0.25, 0.3) is 0 Å². The SMILES string of the molecule is O=C(Nc1cccnc1)N1CCC(C(F)(F)F)CC1. The fourth-order valence-electron chi connectivity index (χ4n) is 2.05. The van der Waals surface area contributed by atoms with Crippen molar-refractivity contribution in [2.24, 2.45) is 5.92 Å². The Labute approximate surface area is 108 Å². The van der Waals surface area contributed by atoms with Crippen molar-refractivity contribution in [2.45, 2.75) is 19.0 Å². The van der Waals surface area contributed by atoms with E-state index in [1.54, 1.807) is 18.3 Å². The molecule has 0 atom stereocenters. The van der Waals surface area contributed by atoms with Crippen LogP contribution in [0, 0.1) is 5.92 Å². The number of alkyl halides is 3. The Morgan fingerprint density at radius 1 is 1.37 bits per heavy atom. The highest BCUT2D eigenvalue weighted by atomic mass is 19.4. The van der Waals surface area contributed by atoms with Crippen LogP contribution in [0.4, 0.5) is 23.7 Å². The standard InChI is InChI=1S/C12H14F3N3O/c13-12(14,15)9-3-6-18(7-4-9)11(19)17-10-2-1-5-16-8-10/h1-2,5,8-9H,3-4,6-7H2,(H,17,19). The number of aromatic nitrogens is 1. The Hall–Kier alpha value is -1.79. The fraction of sp³-hybridized carbons (Fsp3) is 0.500. The summed E-state index contributed by atoms with van der Waals surface area (Å²) in [6.07, 6.45) is -1.18. The molecule has 19 heavy (non-hydrogen) atoms. The summed E-state index contributed by atoms with van der Waals surface area (Å²) in [6.45, 7) is 0.243. The molecule has 2 heterocycles. The quantitative estimate of drug-likeness (QED) is 0.855. The molecule has 1 saturated heterocycles. The van der Waals surface area contributed by atoms with Gasteiger partial charge in [-0.3, -0.25) is 4.98 Å². The number of hydrogen-bond acceptors (Lipinski definition) is 2. The summed E-state index contributed by atoms with van der Waals surface area (Å²) in [4.78, 5) is 17.1. The zero-order chi connectivity index (χ0) is 13.9. The number of piperidine rings is 1. The highest BCUT2D eigenvalue weighted by Crippen LogP contribution is 2.34. The van der Waals surface area contributed by atoms with Crippen LogP contribution in [0.1, 0.15) is 12.8 Å². The Balaban J connectivity index is 1.86. The lowest BCUT2D eigenvalue weighted by atomic mass is 9.96. The van der Waals surface area contributed by atoms with E-state index < -0.39 is 12.1 Å². The van der Waals surface area contributed by atoms with E-state index >= 15 is 0 Å². The summed E-state index contributed by atoms with van der Waals surface area (Å²) in [5, 5.41) is 2.61. The molecule has 1 aliphatic heterocycles. The third kappa shape index (κ3) is 3.59. The van der Waals surface area contributed by atoms with E-state index in [2.05, 4.69) is 10.3 Å². The van der Waals surface area contributed by atoms with Crippen LogP contribution in [0.15, 0.2) is 24.5 Å². The normalized spacial score (nSPS) is 17.3. The summed E-state index contributed by atoms with van der Waals surface area (Å²) in [5.74, 6) is -1.30. The number of amides is 2. The molecule has 1 aliphatic rings. The molecular weight excluding hydrogens is 259 g/mol. The van der Waals surface area contributed by atoms with Gasteiger partial charge in [0.05, 0.1) is 17.8 Å². The molecule has 0 unspecified atom stereocenters. The van der Waals surface area contributed by atoms with Crippen LogP contribution < -0.4 is 5.32 Å². The van der Waals surface area contributed by atoms with Crippen LogP contribution in [0.25, 0.3) is 0 Å². The van der Waals surface area contributed by atoms with Gasteiger partial charge in [0.2, 0.25) is 0 Å². The Kier molecular flexibility index (Phi) is 3.92. The van der Waals surface area contributed by atoms with Gasteiger partial charge in [0.15, 0.2) is 0 Å². The summed E-state index contributed by atoms with van der Waals surface area (Å²) in [7, 11) is 0. The minimum atomic E-state index is -4.16. The highest BCUT2D eigenvalue weighted by molar-refractivity contribution is 5.89. The minimum absolute atomic E-state index is 0.0377. The van der Waals surface area contributed by atoms with Crippen LogP contribution in [-0.2, 0) is 0 Å². The van der Waals surface area contributed by atoms with Gasteiger partial charge in [0.1, 0.15) is 0 Å². The first-order valence-electron chi connectivity index (χ1n) is 5.99. The van der Waals surface area contributed by atoms with Crippen molar-refractivity contribution in [2.75, 3.05) is 18.4 Å². The zero-order valence-electron chi connectivity index (χ0n) is 10.2. The van der Waals surface area contributed by atoms with Crippen LogP contribution in [0.5, 0.6) is 0 Å². The number of urea groups is 1. The Morgan fingerprint density at radius 3 is 2.58 bits per heavy atom. The zero-order valence-corrected chi connectivity index (χ0v) is 10.2. The molecule has 0 radical (unpaired) electrons. The van der Waals surface area contributed by atoms with Crippen molar-refractivity contribution in [3.8, 4) is 0 Å². The van der Waals surface area contributed by atoms with Crippen molar-refractivity contribution >= 4 is 11.7 Å². The molecular formula is C12H14F3N3O. The molecule has 0 spiro atoms. The Bertz CT molecular complexity index is 428. The topological polar surface area (TPSA) is 45.2 Å². The summed E-state index contributed by atoms with van der Waals surface area (Å²) < 4.78 is 37.5. The summed E-state index contributed by atoms with van der Waals surface area (Å²) >= 11 is 0. The van der Waals surface area contributed by atoms with Crippen LogP contribution in [-0.4, -0.2) is 35.2 Å². The van der Waals surface area contributed by atoms with E-state index in [0.29, 0.717) is 5.69 Å². The maximum absolute atomic E-state index is 12.5. The first kappa shape index (κ1) is 13.6. The molecule has 0 aromatic carbocycles. The molecule has 1 N–H and O–H groups in total. The predicted octanol–water partition coefficient (Wildman–Crippen LogP) is 2.89. The number of carbonyl (C=O) groups excluding carboxylic acids is 1. The fourth-order valence-corrected chi connectivity index (χ4v) is 2.05. The van der Waals surface area contributed by atoms with Crippen molar-refractivity contribution in [1.82, 2.24) is 9.88 Å². The second kappa shape index (κ2) is 5.46. The molecule has 4 nitrogen and oxygen atoms in total. The molecule has 1 aromatic heterocycles. The Morgan fingerprint density at radius 2 is 2.05 bits per heavy atom. The molecule has 0 bridgehead atoms. The highest BCUT2D eigenvalue weighted by Gasteiger charge is 2.41. The number of hydrogen-bond donors (Lipinski definition) is 1. The van der Waals surface area contributed by atoms with Gasteiger partial charge in [-0.05, 0) is 25.0 Å². The van der Waals surface area contributed by atoms with Crippen molar-refractivity contribution in [3.05, 3.63) is 24.5 Å². The minimum Gasteiger partial charge on any atom is -0.325 e. The van der Waals surface area contributed by atoms with Gasteiger partial charge in [-0.25, -0.2) is 4.79 Å². The third-order valence-corrected chi connectivity index (χ3v) is 3.16. The molecule has 7 heteroatoms. The van der Waals surface area contributed by atoms with Crippen molar-refractivity contribution in [1.29, 1.82) is 0 Å². The number of nitrogens with zero attached hydrogens (tertiary/aromatic N) is 2. The lowest BCUT2D eigenvalue weighted by Crippen LogP contribution is -2.43. The number of pyridine rings is 1. The maximum atomic E-state index is 12.5. The van der Waals surface area contributed by atoms with Crippen LogP contribution in [0.3, 0.4) is 0 Å². The monoisotopic (exact) mass is 273 g/mol. The van der Waals surface area contributed by atoms with Gasteiger partial charge in [-0.15, -0.1) is 0 Å². The van der Waals surface area contributed by atoms with Crippen molar-refractivity contribution < 1.29 is 18.0 Å². The van der Waals surface area contributed by atoms with E-state index in [1.807, 2.05) is 0 Å². The number of anilines is 1. The number of carbonyl (C=O) groups is 1. The van der Waals surface area contributed by atoms with E-state index in [4.69, 9.17) is 0 Å². The second-order valence-electron chi connectivity index (χ2n) is 4.47. The first-order chi connectivity index (χ1) is 8.97. The molecule has 0 aliphatic carbocycles. The van der Waals surface area contributed by atoms with Crippen LogP contribution in [0.2, 0.25) is 0 Å². The molecule has 2 rings (SSSR count). The van der Waals surface area contributed by atoms with E-state index in [-0.39, 0.29) is 32.0 Å². The number of likely N-dealkylation sites (tertiary alicyclic amines) is 1. The number of rotatable bonds is 1. The summed E-state index contributed by atoms with van der Waals surface area (Å²) in [5.41, 5.74) is 0.533. The van der Waals surface area contributed by atoms with Crippen LogP contribution >= 0.6 is 0 Å². The first-order valence-corrected chi connectivity index (χ1v) is 5.99. The average molecular weight is 273 g/mol. The maximum Gasteiger partial charge on any atom is 0.391 e. The molecule has 1 aromatic rings. The van der Waals surface area contributed by atoms with E-state index in [9.17, 15) is 18.0 Å². The van der Waals surface area contributed by atoms with Gasteiger partial charge in [-0.1, -0.05) is 0 Å². The lowest BCUT2D eigenvalue weighted by molar-refractivity contribution is -0.183. The molecule has 0 saturated carbocycles. The van der Waals surface area contributed by atoms with Gasteiger partial charge in [-0.2, -0.15) is 13.2 Å². The van der Waals surface area contributed by atoms with Gasteiger partial charge < -0.3 is 10.2 Å². The lowest BCUT2D eigenvalue weighted by Gasteiger charge is -2.32. The largest absolute Gasteiger partial charge is 0.391 e. The summed E-state index contributed by atoms with van der Waals surface area (Å²) in [6, 6.07) is 2.97. The molecule has 1 fully saturated rings. The predicted molar refractivity (Wildman–Crippen MR) is 63.6 cm³/mol. The molecule has 104 valence electrons. The smallest absolute Gasteiger partial charge is 0.325 e. The third-order valence-electron chi connectivity index (χ3n) is 3.16. The van der Waals surface area contributed by atoms with Gasteiger partial charge >= 0.3 is 12.2 Å². The van der Waals surface area contributed by atoms with E-state index in [0.717, 1.165) is 0 Å². The van der Waals surface area contributed by atoms with E-state index in [1.165, 1.54) is 11.1 Å². The average Bonchev–Trinajstić information content (AvgIpc) is 2.39. The van der Waals surface area contributed by atoms with Crippen molar-refractivity contribution in [3.63, 3.8) is 0 Å². The van der Waals surface area contributed by atoms with Gasteiger partial charge in [0, 0.05) is 19.3 Å².